The van der Waals surface area contributed by atoms with Crippen molar-refractivity contribution in [2.75, 3.05) is 25.5 Å². The lowest BCUT2D eigenvalue weighted by Crippen LogP contribution is -2.27. The third-order valence-electron chi connectivity index (χ3n) is 6.26. The van der Waals surface area contributed by atoms with Crippen molar-refractivity contribution in [1.29, 1.82) is 0 Å². The summed E-state index contributed by atoms with van der Waals surface area (Å²) in [5, 5.41) is 15.0. The van der Waals surface area contributed by atoms with Crippen LogP contribution >= 0.6 is 23.1 Å². The number of thioether (sulfide) groups is 1. The standard InChI is InChI=1S/C25H30N4O3S2/c30-24(26-11-10-18-8-9-21-22(15-18)32-13-12-31-21)17-34-25-28-27-23(16-20-7-4-14-33-20)29(25)19-5-2-1-3-6-19/h4,7-9,14-15,19H,1-3,5-6,10-13,16-17H2,(H,26,30). The average Bonchev–Trinajstić information content (AvgIpc) is 3.53. The van der Waals surface area contributed by atoms with E-state index in [9.17, 15) is 4.79 Å². The molecule has 7 nitrogen and oxygen atoms in total. The lowest BCUT2D eigenvalue weighted by molar-refractivity contribution is -0.118. The van der Waals surface area contributed by atoms with Crippen LogP contribution in [0.25, 0.3) is 0 Å². The molecule has 5 rings (SSSR count). The van der Waals surface area contributed by atoms with Crippen molar-refractivity contribution in [2.45, 2.75) is 56.1 Å². The minimum absolute atomic E-state index is 0.0144. The molecule has 3 heterocycles. The van der Waals surface area contributed by atoms with Gasteiger partial charge in [0.1, 0.15) is 19.0 Å². The SMILES string of the molecule is O=C(CSc1nnc(Cc2cccs2)n1C1CCCCC1)NCCc1ccc2c(c1)OCCO2. The third-order valence-corrected chi connectivity index (χ3v) is 8.08. The lowest BCUT2D eigenvalue weighted by Gasteiger charge is -2.25. The molecule has 1 saturated carbocycles. The lowest BCUT2D eigenvalue weighted by atomic mass is 9.95. The number of nitrogens with one attached hydrogen (secondary N) is 1. The molecule has 1 aliphatic heterocycles. The van der Waals surface area contributed by atoms with Crippen molar-refractivity contribution >= 4 is 29.0 Å². The molecule has 0 saturated heterocycles. The second-order valence-electron chi connectivity index (χ2n) is 8.68. The first-order valence-corrected chi connectivity index (χ1v) is 13.9. The highest BCUT2D eigenvalue weighted by Gasteiger charge is 2.24. The Morgan fingerprint density at radius 3 is 2.79 bits per heavy atom. The Bertz CT molecular complexity index is 1090. The largest absolute Gasteiger partial charge is 0.486 e. The maximum absolute atomic E-state index is 12.6. The van der Waals surface area contributed by atoms with E-state index in [1.807, 2.05) is 18.2 Å². The number of aromatic nitrogens is 3. The summed E-state index contributed by atoms with van der Waals surface area (Å²) in [6.07, 6.45) is 7.64. The van der Waals surface area contributed by atoms with Crippen LogP contribution in [0.3, 0.4) is 0 Å². The van der Waals surface area contributed by atoms with Crippen LogP contribution in [-0.2, 0) is 17.6 Å². The van der Waals surface area contributed by atoms with Gasteiger partial charge in [0, 0.05) is 23.9 Å². The van der Waals surface area contributed by atoms with Crippen molar-refractivity contribution < 1.29 is 14.3 Å². The van der Waals surface area contributed by atoms with Crippen LogP contribution in [0, 0.1) is 0 Å². The number of ether oxygens (including phenoxy) is 2. The maximum atomic E-state index is 12.6. The number of amides is 1. The predicted octanol–water partition coefficient (Wildman–Crippen LogP) is 4.66. The molecule has 1 aromatic carbocycles. The zero-order valence-electron chi connectivity index (χ0n) is 19.2. The van der Waals surface area contributed by atoms with Crippen molar-refractivity contribution in [1.82, 2.24) is 20.1 Å². The number of thiophene rings is 1. The normalized spacial score (nSPS) is 15.9. The Balaban J connectivity index is 1.16. The van der Waals surface area contributed by atoms with Gasteiger partial charge in [-0.05, 0) is 48.4 Å². The second-order valence-corrected chi connectivity index (χ2v) is 10.7. The highest BCUT2D eigenvalue weighted by molar-refractivity contribution is 7.99. The summed E-state index contributed by atoms with van der Waals surface area (Å²) in [6, 6.07) is 10.6. The Morgan fingerprint density at radius 1 is 1.12 bits per heavy atom. The molecule has 1 N–H and O–H groups in total. The van der Waals surface area contributed by atoms with E-state index >= 15 is 0 Å². The Kier molecular flexibility index (Phi) is 7.70. The van der Waals surface area contributed by atoms with Gasteiger partial charge in [0.25, 0.3) is 0 Å². The van der Waals surface area contributed by atoms with Gasteiger partial charge in [0.2, 0.25) is 5.91 Å². The summed E-state index contributed by atoms with van der Waals surface area (Å²) in [6.45, 7) is 1.74. The summed E-state index contributed by atoms with van der Waals surface area (Å²) in [7, 11) is 0. The molecule has 180 valence electrons. The first-order valence-electron chi connectivity index (χ1n) is 12.0. The van der Waals surface area contributed by atoms with E-state index in [1.165, 1.54) is 35.9 Å². The number of fused-ring (bicyclic) bond motifs is 1. The summed E-state index contributed by atoms with van der Waals surface area (Å²) >= 11 is 3.24. The quantitative estimate of drug-likeness (QED) is 0.433. The summed E-state index contributed by atoms with van der Waals surface area (Å²) in [5.41, 5.74) is 1.12. The van der Waals surface area contributed by atoms with E-state index in [1.54, 1.807) is 11.3 Å². The number of hydrogen-bond donors (Lipinski definition) is 1. The second kappa shape index (κ2) is 11.3. The predicted molar refractivity (Wildman–Crippen MR) is 134 cm³/mol. The van der Waals surface area contributed by atoms with Crippen LogP contribution in [0.15, 0.2) is 40.9 Å². The fourth-order valence-electron chi connectivity index (χ4n) is 4.57. The molecule has 0 radical (unpaired) electrons. The van der Waals surface area contributed by atoms with Crippen LogP contribution in [0.2, 0.25) is 0 Å². The van der Waals surface area contributed by atoms with Crippen LogP contribution in [-0.4, -0.2) is 46.2 Å². The Morgan fingerprint density at radius 2 is 1.97 bits per heavy atom. The fraction of sp³-hybridized carbons (Fsp3) is 0.480. The van der Waals surface area contributed by atoms with E-state index in [-0.39, 0.29) is 5.91 Å². The van der Waals surface area contributed by atoms with E-state index < -0.39 is 0 Å². The van der Waals surface area contributed by atoms with Gasteiger partial charge in [-0.1, -0.05) is 43.2 Å². The zero-order valence-corrected chi connectivity index (χ0v) is 20.8. The molecule has 2 aliphatic rings. The molecule has 1 aliphatic carbocycles. The Hall–Kier alpha value is -2.52. The van der Waals surface area contributed by atoms with Gasteiger partial charge in [-0.15, -0.1) is 21.5 Å². The van der Waals surface area contributed by atoms with Gasteiger partial charge in [-0.25, -0.2) is 0 Å². The van der Waals surface area contributed by atoms with Crippen LogP contribution in [0.4, 0.5) is 0 Å². The van der Waals surface area contributed by atoms with Crippen molar-refractivity contribution in [3.8, 4) is 11.5 Å². The van der Waals surface area contributed by atoms with Gasteiger partial charge in [0.05, 0.1) is 5.75 Å². The van der Waals surface area contributed by atoms with Gasteiger partial charge in [-0.2, -0.15) is 0 Å². The molecule has 3 aromatic rings. The van der Waals surface area contributed by atoms with Crippen molar-refractivity contribution in [3.05, 3.63) is 52.0 Å². The molecule has 0 atom stereocenters. The van der Waals surface area contributed by atoms with Crippen molar-refractivity contribution in [3.63, 3.8) is 0 Å². The van der Waals surface area contributed by atoms with Gasteiger partial charge < -0.3 is 19.4 Å². The third kappa shape index (κ3) is 5.75. The first-order chi connectivity index (χ1) is 16.8. The van der Waals surface area contributed by atoms with E-state index in [0.29, 0.717) is 31.6 Å². The number of hydrogen-bond acceptors (Lipinski definition) is 7. The summed E-state index contributed by atoms with van der Waals surface area (Å²) in [5.74, 6) is 2.93. The number of carbonyl (C=O) groups is 1. The monoisotopic (exact) mass is 498 g/mol. The minimum atomic E-state index is 0.0144. The molecule has 1 amide bonds. The first kappa shape index (κ1) is 23.2. The van der Waals surface area contributed by atoms with Crippen LogP contribution in [0.5, 0.6) is 11.5 Å². The highest BCUT2D eigenvalue weighted by Crippen LogP contribution is 2.34. The molecular weight excluding hydrogens is 468 g/mol. The Labute approximate surface area is 208 Å². The number of nitrogens with zero attached hydrogens (tertiary/aromatic N) is 3. The van der Waals surface area contributed by atoms with E-state index in [0.717, 1.165) is 53.7 Å². The smallest absolute Gasteiger partial charge is 0.230 e. The zero-order chi connectivity index (χ0) is 23.2. The van der Waals surface area contributed by atoms with Crippen LogP contribution in [0.1, 0.15) is 54.4 Å². The van der Waals surface area contributed by atoms with E-state index in [2.05, 4.69) is 37.6 Å². The maximum Gasteiger partial charge on any atom is 0.230 e. The van der Waals surface area contributed by atoms with Crippen LogP contribution < -0.4 is 14.8 Å². The molecule has 9 heteroatoms. The van der Waals surface area contributed by atoms with E-state index in [4.69, 9.17) is 9.47 Å². The highest BCUT2D eigenvalue weighted by atomic mass is 32.2. The minimum Gasteiger partial charge on any atom is -0.486 e. The molecule has 34 heavy (non-hydrogen) atoms. The average molecular weight is 499 g/mol. The number of benzene rings is 1. The molecular formula is C25H30N4O3S2. The number of rotatable bonds is 9. The molecule has 1 fully saturated rings. The topological polar surface area (TPSA) is 78.3 Å². The van der Waals surface area contributed by atoms with Gasteiger partial charge in [-0.3, -0.25) is 4.79 Å². The fourth-order valence-corrected chi connectivity index (χ4v) is 6.13. The molecule has 2 aromatic heterocycles. The summed E-state index contributed by atoms with van der Waals surface area (Å²) in [4.78, 5) is 13.8. The van der Waals surface area contributed by atoms with Crippen molar-refractivity contribution in [2.24, 2.45) is 0 Å². The molecule has 0 bridgehead atoms. The molecule has 0 spiro atoms. The van der Waals surface area contributed by atoms with Gasteiger partial charge >= 0.3 is 0 Å². The van der Waals surface area contributed by atoms with Gasteiger partial charge in [0.15, 0.2) is 16.7 Å². The number of carbonyl (C=O) groups excluding carboxylic acids is 1. The molecule has 0 unspecified atom stereocenters. The summed E-state index contributed by atoms with van der Waals surface area (Å²) < 4.78 is 13.5.